The highest BCUT2D eigenvalue weighted by Gasteiger charge is 2.16. The Balaban J connectivity index is 1.64. The van der Waals surface area contributed by atoms with E-state index in [2.05, 4.69) is 10.3 Å². The number of ether oxygens (including phenoxy) is 1. The lowest BCUT2D eigenvalue weighted by Crippen LogP contribution is -2.36. The first-order chi connectivity index (χ1) is 12.1. The molecule has 1 heterocycles. The minimum absolute atomic E-state index is 0.208. The summed E-state index contributed by atoms with van der Waals surface area (Å²) in [5.74, 6) is 0.283. The normalized spacial score (nSPS) is 11.8. The minimum Gasteiger partial charge on any atom is -0.479 e. The summed E-state index contributed by atoms with van der Waals surface area (Å²) in [5.41, 5.74) is 1.96. The van der Waals surface area contributed by atoms with E-state index < -0.39 is 6.10 Å². The van der Waals surface area contributed by atoms with Gasteiger partial charge in [-0.05, 0) is 30.7 Å². The summed E-state index contributed by atoms with van der Waals surface area (Å²) in [6, 6.07) is 14.9. The number of carbonyl (C=O) groups excluding carboxylic acids is 1. The number of imidazole rings is 1. The molecule has 0 aliphatic heterocycles. The van der Waals surface area contributed by atoms with Crippen LogP contribution in [0.2, 0.25) is 5.02 Å². The monoisotopic (exact) mass is 355 g/mol. The fraction of sp³-hybridized carbons (Fsp3) is 0.158. The second kappa shape index (κ2) is 7.85. The molecule has 0 aliphatic rings. The molecule has 6 heteroatoms. The molecule has 1 N–H and O–H groups in total. The molecular formula is C19H18ClN3O2. The predicted octanol–water partition coefficient (Wildman–Crippen LogP) is 3.61. The molecule has 2 aromatic carbocycles. The van der Waals surface area contributed by atoms with Crippen molar-refractivity contribution in [1.82, 2.24) is 14.9 Å². The van der Waals surface area contributed by atoms with Crippen LogP contribution in [0, 0.1) is 0 Å². The third-order valence-electron chi connectivity index (χ3n) is 3.74. The molecule has 0 unspecified atom stereocenters. The first-order valence-electron chi connectivity index (χ1n) is 7.90. The molecule has 0 fully saturated rings. The van der Waals surface area contributed by atoms with Gasteiger partial charge in [0.1, 0.15) is 5.75 Å². The second-order valence-electron chi connectivity index (χ2n) is 5.51. The standard InChI is InChI=1S/C19H18ClN3O2/c1-14(25-18-9-5-3-7-16(18)20)19(24)22-12-15-6-2-4-8-17(15)23-11-10-21-13-23/h2-11,13-14H,12H2,1H3,(H,22,24)/t14-/m1/s1. The number of rotatable bonds is 6. The number of para-hydroxylation sites is 2. The Morgan fingerprint density at radius 1 is 1.24 bits per heavy atom. The highest BCUT2D eigenvalue weighted by molar-refractivity contribution is 6.32. The summed E-state index contributed by atoms with van der Waals surface area (Å²) in [4.78, 5) is 16.4. The van der Waals surface area contributed by atoms with Crippen molar-refractivity contribution in [1.29, 1.82) is 0 Å². The fourth-order valence-electron chi connectivity index (χ4n) is 2.42. The average Bonchev–Trinajstić information content (AvgIpc) is 3.16. The highest BCUT2D eigenvalue weighted by atomic mass is 35.5. The third-order valence-corrected chi connectivity index (χ3v) is 4.05. The lowest BCUT2D eigenvalue weighted by molar-refractivity contribution is -0.127. The fourth-order valence-corrected chi connectivity index (χ4v) is 2.60. The number of halogens is 1. The van der Waals surface area contributed by atoms with Crippen molar-refractivity contribution in [3.05, 3.63) is 77.8 Å². The van der Waals surface area contributed by atoms with Gasteiger partial charge in [-0.2, -0.15) is 0 Å². The SMILES string of the molecule is C[C@@H](Oc1ccccc1Cl)C(=O)NCc1ccccc1-n1ccnc1. The van der Waals surface area contributed by atoms with Crippen LogP contribution in [-0.2, 0) is 11.3 Å². The van der Waals surface area contributed by atoms with Gasteiger partial charge >= 0.3 is 0 Å². The first kappa shape index (κ1) is 17.0. The van der Waals surface area contributed by atoms with E-state index in [0.717, 1.165) is 11.3 Å². The maximum Gasteiger partial charge on any atom is 0.261 e. The largest absolute Gasteiger partial charge is 0.479 e. The van der Waals surface area contributed by atoms with Crippen LogP contribution in [0.25, 0.3) is 5.69 Å². The number of benzene rings is 2. The van der Waals surface area contributed by atoms with Crippen molar-refractivity contribution in [2.45, 2.75) is 19.6 Å². The lowest BCUT2D eigenvalue weighted by Gasteiger charge is -2.16. The zero-order chi connectivity index (χ0) is 17.6. The minimum atomic E-state index is -0.652. The van der Waals surface area contributed by atoms with Crippen LogP contribution in [0.5, 0.6) is 5.75 Å². The van der Waals surface area contributed by atoms with Gasteiger partial charge in [0.05, 0.1) is 17.0 Å². The zero-order valence-corrected chi connectivity index (χ0v) is 14.5. The number of nitrogens with one attached hydrogen (secondary N) is 1. The van der Waals surface area contributed by atoms with Gasteiger partial charge in [-0.15, -0.1) is 0 Å². The summed E-state index contributed by atoms with van der Waals surface area (Å²) >= 11 is 6.06. The quantitative estimate of drug-likeness (QED) is 0.735. The second-order valence-corrected chi connectivity index (χ2v) is 5.91. The van der Waals surface area contributed by atoms with Crippen LogP contribution in [0.1, 0.15) is 12.5 Å². The summed E-state index contributed by atoms with van der Waals surface area (Å²) in [6.07, 6.45) is 4.66. The number of nitrogens with zero attached hydrogens (tertiary/aromatic N) is 2. The summed E-state index contributed by atoms with van der Waals surface area (Å²) in [7, 11) is 0. The van der Waals surface area contributed by atoms with E-state index in [0.29, 0.717) is 17.3 Å². The molecule has 1 atom stereocenters. The maximum atomic E-state index is 12.3. The average molecular weight is 356 g/mol. The van der Waals surface area contributed by atoms with Crippen molar-refractivity contribution < 1.29 is 9.53 Å². The van der Waals surface area contributed by atoms with Crippen molar-refractivity contribution in [2.75, 3.05) is 0 Å². The van der Waals surface area contributed by atoms with Gasteiger partial charge in [-0.3, -0.25) is 4.79 Å². The van der Waals surface area contributed by atoms with Crippen molar-refractivity contribution in [2.24, 2.45) is 0 Å². The molecule has 3 rings (SSSR count). The van der Waals surface area contributed by atoms with Crippen molar-refractivity contribution in [3.63, 3.8) is 0 Å². The lowest BCUT2D eigenvalue weighted by atomic mass is 10.1. The van der Waals surface area contributed by atoms with Gasteiger partial charge in [0.15, 0.2) is 6.10 Å². The van der Waals surface area contributed by atoms with Crippen LogP contribution in [0.3, 0.4) is 0 Å². The molecule has 1 amide bonds. The topological polar surface area (TPSA) is 56.1 Å². The van der Waals surface area contributed by atoms with E-state index >= 15 is 0 Å². The van der Waals surface area contributed by atoms with Crippen LogP contribution in [0.15, 0.2) is 67.3 Å². The van der Waals surface area contributed by atoms with Crippen LogP contribution < -0.4 is 10.1 Å². The molecule has 0 bridgehead atoms. The maximum absolute atomic E-state index is 12.3. The van der Waals surface area contributed by atoms with Gasteiger partial charge in [-0.1, -0.05) is 41.9 Å². The van der Waals surface area contributed by atoms with Crippen LogP contribution in [-0.4, -0.2) is 21.6 Å². The van der Waals surface area contributed by atoms with E-state index in [-0.39, 0.29) is 5.91 Å². The Morgan fingerprint density at radius 2 is 2.00 bits per heavy atom. The summed E-state index contributed by atoms with van der Waals surface area (Å²) in [6.45, 7) is 2.09. The summed E-state index contributed by atoms with van der Waals surface area (Å²) in [5, 5.41) is 3.38. The van der Waals surface area contributed by atoms with Gasteiger partial charge in [0.25, 0.3) is 5.91 Å². The summed E-state index contributed by atoms with van der Waals surface area (Å²) < 4.78 is 7.55. The molecule has 128 valence electrons. The van der Waals surface area contributed by atoms with E-state index in [1.807, 2.05) is 47.2 Å². The molecule has 0 aliphatic carbocycles. The Bertz CT molecular complexity index is 849. The molecular weight excluding hydrogens is 338 g/mol. The molecule has 0 saturated carbocycles. The van der Waals surface area contributed by atoms with Gasteiger partial charge in [0.2, 0.25) is 0 Å². The number of hydrogen-bond acceptors (Lipinski definition) is 3. The van der Waals surface area contributed by atoms with Gasteiger partial charge in [-0.25, -0.2) is 4.98 Å². The Kier molecular flexibility index (Phi) is 5.36. The third kappa shape index (κ3) is 4.19. The number of carbonyl (C=O) groups is 1. The van der Waals surface area contributed by atoms with Crippen LogP contribution in [0.4, 0.5) is 0 Å². The Morgan fingerprint density at radius 3 is 2.76 bits per heavy atom. The molecule has 0 spiro atoms. The van der Waals surface area contributed by atoms with E-state index in [9.17, 15) is 4.79 Å². The van der Waals surface area contributed by atoms with Gasteiger partial charge in [0, 0.05) is 18.9 Å². The van der Waals surface area contributed by atoms with Gasteiger partial charge < -0.3 is 14.6 Å². The van der Waals surface area contributed by atoms with Crippen LogP contribution >= 0.6 is 11.6 Å². The zero-order valence-electron chi connectivity index (χ0n) is 13.7. The van der Waals surface area contributed by atoms with E-state index in [1.54, 1.807) is 31.6 Å². The van der Waals surface area contributed by atoms with E-state index in [4.69, 9.17) is 16.3 Å². The number of hydrogen-bond donors (Lipinski definition) is 1. The number of amides is 1. The van der Waals surface area contributed by atoms with Crippen molar-refractivity contribution in [3.8, 4) is 11.4 Å². The first-order valence-corrected chi connectivity index (χ1v) is 8.28. The highest BCUT2D eigenvalue weighted by Crippen LogP contribution is 2.24. The van der Waals surface area contributed by atoms with E-state index in [1.165, 1.54) is 0 Å². The Labute approximate surface area is 151 Å². The molecule has 1 aromatic heterocycles. The predicted molar refractivity (Wildman–Crippen MR) is 97.0 cm³/mol. The molecule has 3 aromatic rings. The Hall–Kier alpha value is -2.79. The molecule has 25 heavy (non-hydrogen) atoms. The smallest absolute Gasteiger partial charge is 0.261 e. The molecule has 5 nitrogen and oxygen atoms in total. The molecule has 0 radical (unpaired) electrons. The number of aromatic nitrogens is 2. The van der Waals surface area contributed by atoms with Crippen molar-refractivity contribution >= 4 is 17.5 Å². The molecule has 0 saturated heterocycles.